The summed E-state index contributed by atoms with van der Waals surface area (Å²) in [5.74, 6) is 3.00. The smallest absolute Gasteiger partial charge is 0.231 e. The van der Waals surface area contributed by atoms with E-state index in [1.54, 1.807) is 0 Å². The van der Waals surface area contributed by atoms with Gasteiger partial charge < -0.3 is 10.3 Å². The molecule has 2 heterocycles. The third-order valence-electron chi connectivity index (χ3n) is 2.80. The van der Waals surface area contributed by atoms with E-state index in [4.69, 9.17) is 10.3 Å². The van der Waals surface area contributed by atoms with Crippen molar-refractivity contribution in [1.29, 1.82) is 0 Å². The number of rotatable bonds is 4. The number of nitrogens with zero attached hydrogens (tertiary/aromatic N) is 2. The van der Waals surface area contributed by atoms with Gasteiger partial charge in [-0.3, -0.25) is 0 Å². The van der Waals surface area contributed by atoms with Crippen LogP contribution in [0.25, 0.3) is 0 Å². The van der Waals surface area contributed by atoms with Gasteiger partial charge in [0.1, 0.15) is 0 Å². The van der Waals surface area contributed by atoms with Crippen LogP contribution in [0, 0.1) is 0 Å². The second-order valence-corrected chi connectivity index (χ2v) is 5.14. The van der Waals surface area contributed by atoms with E-state index in [-0.39, 0.29) is 5.92 Å². The SMILES string of the molecule is CCC(CN)c1nc(C2CCCS2)no1. The molecule has 1 aromatic heterocycles. The van der Waals surface area contributed by atoms with Crippen LogP contribution in [0.4, 0.5) is 0 Å². The van der Waals surface area contributed by atoms with E-state index in [0.717, 1.165) is 12.2 Å². The molecule has 1 saturated heterocycles. The molecule has 1 aromatic rings. The minimum Gasteiger partial charge on any atom is -0.339 e. The van der Waals surface area contributed by atoms with Crippen molar-refractivity contribution < 1.29 is 4.52 Å². The van der Waals surface area contributed by atoms with Gasteiger partial charge in [-0.15, -0.1) is 0 Å². The van der Waals surface area contributed by atoms with Gasteiger partial charge in [-0.05, 0) is 25.0 Å². The number of aromatic nitrogens is 2. The van der Waals surface area contributed by atoms with Crippen LogP contribution in [0.1, 0.15) is 49.1 Å². The normalized spacial score (nSPS) is 23.2. The number of nitrogens with two attached hydrogens (primary N) is 1. The Morgan fingerprint density at radius 1 is 1.67 bits per heavy atom. The highest BCUT2D eigenvalue weighted by molar-refractivity contribution is 7.99. The monoisotopic (exact) mass is 227 g/mol. The number of hydrogen-bond acceptors (Lipinski definition) is 5. The van der Waals surface area contributed by atoms with E-state index < -0.39 is 0 Å². The van der Waals surface area contributed by atoms with Crippen LogP contribution in [-0.4, -0.2) is 22.4 Å². The van der Waals surface area contributed by atoms with Gasteiger partial charge in [0, 0.05) is 6.54 Å². The second kappa shape index (κ2) is 4.99. The summed E-state index contributed by atoms with van der Waals surface area (Å²) >= 11 is 1.92. The van der Waals surface area contributed by atoms with Gasteiger partial charge in [0.25, 0.3) is 0 Å². The molecule has 2 N–H and O–H groups in total. The Hall–Kier alpha value is -0.550. The molecule has 1 fully saturated rings. The van der Waals surface area contributed by atoms with E-state index in [2.05, 4.69) is 17.1 Å². The minimum atomic E-state index is 0.220. The van der Waals surface area contributed by atoms with Crippen LogP contribution in [0.15, 0.2) is 4.52 Å². The highest BCUT2D eigenvalue weighted by Gasteiger charge is 2.24. The van der Waals surface area contributed by atoms with E-state index in [1.165, 1.54) is 18.6 Å². The zero-order valence-corrected chi connectivity index (χ0v) is 9.80. The lowest BCUT2D eigenvalue weighted by Gasteiger charge is -2.04. The summed E-state index contributed by atoms with van der Waals surface area (Å²) in [5, 5.41) is 4.49. The van der Waals surface area contributed by atoms with Crippen molar-refractivity contribution in [2.75, 3.05) is 12.3 Å². The Balaban J connectivity index is 2.08. The molecule has 84 valence electrons. The highest BCUT2D eigenvalue weighted by Crippen LogP contribution is 2.38. The zero-order valence-electron chi connectivity index (χ0n) is 8.98. The summed E-state index contributed by atoms with van der Waals surface area (Å²) in [6.45, 7) is 2.67. The molecule has 1 aliphatic rings. The minimum absolute atomic E-state index is 0.220. The fourth-order valence-electron chi connectivity index (χ4n) is 1.77. The zero-order chi connectivity index (χ0) is 10.7. The molecule has 2 atom stereocenters. The predicted octanol–water partition coefficient (Wildman–Crippen LogP) is 2.09. The molecule has 5 heteroatoms. The van der Waals surface area contributed by atoms with Crippen molar-refractivity contribution >= 4 is 11.8 Å². The fourth-order valence-corrected chi connectivity index (χ4v) is 2.96. The summed E-state index contributed by atoms with van der Waals surface area (Å²) in [6.07, 6.45) is 3.38. The van der Waals surface area contributed by atoms with Crippen LogP contribution in [0.3, 0.4) is 0 Å². The maximum absolute atomic E-state index is 5.65. The van der Waals surface area contributed by atoms with E-state index in [0.29, 0.717) is 17.7 Å². The molecule has 2 unspecified atom stereocenters. The molecule has 0 aliphatic carbocycles. The molecule has 0 radical (unpaired) electrons. The Kier molecular flexibility index (Phi) is 3.64. The molecule has 2 rings (SSSR count). The average Bonchev–Trinajstić information content (AvgIpc) is 2.89. The van der Waals surface area contributed by atoms with Gasteiger partial charge in [-0.1, -0.05) is 12.1 Å². The molecule has 0 aromatic carbocycles. The van der Waals surface area contributed by atoms with Crippen molar-refractivity contribution in [3.05, 3.63) is 11.7 Å². The topological polar surface area (TPSA) is 64.9 Å². The molecule has 4 nitrogen and oxygen atoms in total. The highest BCUT2D eigenvalue weighted by atomic mass is 32.2. The lowest BCUT2D eigenvalue weighted by Crippen LogP contribution is -2.11. The first-order valence-corrected chi connectivity index (χ1v) is 6.55. The van der Waals surface area contributed by atoms with Crippen molar-refractivity contribution in [2.24, 2.45) is 5.73 Å². The molecule has 15 heavy (non-hydrogen) atoms. The largest absolute Gasteiger partial charge is 0.339 e. The third-order valence-corrected chi connectivity index (χ3v) is 4.17. The molecule has 0 spiro atoms. The van der Waals surface area contributed by atoms with Crippen molar-refractivity contribution in [3.8, 4) is 0 Å². The van der Waals surface area contributed by atoms with E-state index >= 15 is 0 Å². The summed E-state index contributed by atoms with van der Waals surface area (Å²) in [6, 6.07) is 0. The van der Waals surface area contributed by atoms with Crippen LogP contribution < -0.4 is 5.73 Å². The third kappa shape index (κ3) is 2.34. The van der Waals surface area contributed by atoms with Gasteiger partial charge >= 0.3 is 0 Å². The van der Waals surface area contributed by atoms with E-state index in [1.807, 2.05) is 11.8 Å². The van der Waals surface area contributed by atoms with Gasteiger partial charge in [-0.25, -0.2) is 0 Å². The van der Waals surface area contributed by atoms with Crippen LogP contribution in [-0.2, 0) is 0 Å². The number of thioether (sulfide) groups is 1. The van der Waals surface area contributed by atoms with Crippen molar-refractivity contribution in [2.45, 2.75) is 37.4 Å². The molecule has 0 amide bonds. The Bertz CT molecular complexity index is 289. The van der Waals surface area contributed by atoms with E-state index in [9.17, 15) is 0 Å². The van der Waals surface area contributed by atoms with Gasteiger partial charge in [0.15, 0.2) is 5.82 Å². The first-order chi connectivity index (χ1) is 7.35. The van der Waals surface area contributed by atoms with Crippen molar-refractivity contribution in [3.63, 3.8) is 0 Å². The Morgan fingerprint density at radius 3 is 3.13 bits per heavy atom. The fraction of sp³-hybridized carbons (Fsp3) is 0.800. The molecule has 0 saturated carbocycles. The lowest BCUT2D eigenvalue weighted by molar-refractivity contribution is 0.347. The first-order valence-electron chi connectivity index (χ1n) is 5.50. The van der Waals surface area contributed by atoms with Crippen LogP contribution in [0.2, 0.25) is 0 Å². The Labute approximate surface area is 94.0 Å². The Morgan fingerprint density at radius 2 is 2.53 bits per heavy atom. The van der Waals surface area contributed by atoms with Gasteiger partial charge in [0.05, 0.1) is 11.2 Å². The quantitative estimate of drug-likeness (QED) is 0.853. The second-order valence-electron chi connectivity index (χ2n) is 3.83. The molecular formula is C10H17N3OS. The molecular weight excluding hydrogens is 210 g/mol. The van der Waals surface area contributed by atoms with Crippen LogP contribution >= 0.6 is 11.8 Å². The summed E-state index contributed by atoms with van der Waals surface area (Å²) in [7, 11) is 0. The van der Waals surface area contributed by atoms with Crippen LogP contribution in [0.5, 0.6) is 0 Å². The summed E-state index contributed by atoms with van der Waals surface area (Å²) in [4.78, 5) is 4.46. The first kappa shape index (κ1) is 11.0. The lowest BCUT2D eigenvalue weighted by atomic mass is 10.1. The van der Waals surface area contributed by atoms with Crippen molar-refractivity contribution in [1.82, 2.24) is 10.1 Å². The number of hydrogen-bond donors (Lipinski definition) is 1. The molecule has 0 bridgehead atoms. The summed E-state index contributed by atoms with van der Waals surface area (Å²) < 4.78 is 5.27. The standard InChI is InChI=1S/C10H17N3OS/c1-2-7(6-11)10-12-9(13-14-10)8-4-3-5-15-8/h7-8H,2-6,11H2,1H3. The molecule has 1 aliphatic heterocycles. The van der Waals surface area contributed by atoms with Gasteiger partial charge in [0.2, 0.25) is 5.89 Å². The maximum Gasteiger partial charge on any atom is 0.231 e. The predicted molar refractivity (Wildman–Crippen MR) is 60.8 cm³/mol. The summed E-state index contributed by atoms with van der Waals surface area (Å²) in [5.41, 5.74) is 5.65. The average molecular weight is 227 g/mol. The van der Waals surface area contributed by atoms with Gasteiger partial charge in [-0.2, -0.15) is 16.7 Å². The maximum atomic E-state index is 5.65.